The summed E-state index contributed by atoms with van der Waals surface area (Å²) in [4.78, 5) is 0. The summed E-state index contributed by atoms with van der Waals surface area (Å²) in [6, 6.07) is 8.17. The second kappa shape index (κ2) is 6.89. The van der Waals surface area contributed by atoms with E-state index < -0.39 is 0 Å². The zero-order chi connectivity index (χ0) is 13.6. The third kappa shape index (κ3) is 3.93. The van der Waals surface area contributed by atoms with Crippen molar-refractivity contribution in [2.45, 2.75) is 25.5 Å². The van der Waals surface area contributed by atoms with Gasteiger partial charge in [0.25, 0.3) is 0 Å². The summed E-state index contributed by atoms with van der Waals surface area (Å²) in [5.41, 5.74) is 1.06. The first-order valence-electron chi connectivity index (χ1n) is 6.83. The third-order valence-electron chi connectivity index (χ3n) is 3.49. The molecule has 2 rings (SSSR count). The molecule has 0 radical (unpaired) electrons. The smallest absolute Gasteiger partial charge is 0.119 e. The molecule has 0 bridgehead atoms. The van der Waals surface area contributed by atoms with Gasteiger partial charge < -0.3 is 19.5 Å². The zero-order valence-corrected chi connectivity index (χ0v) is 11.8. The number of rotatable bonds is 7. The van der Waals surface area contributed by atoms with Crippen molar-refractivity contribution in [3.8, 4) is 5.75 Å². The molecular formula is C15H23NO3. The SMILES string of the molecule is CCOc1cccc(CNCC2(OC)CCOC2)c1. The van der Waals surface area contributed by atoms with Crippen LogP contribution < -0.4 is 10.1 Å². The van der Waals surface area contributed by atoms with Crippen molar-refractivity contribution in [3.63, 3.8) is 0 Å². The van der Waals surface area contributed by atoms with Crippen LogP contribution in [0.5, 0.6) is 5.75 Å². The van der Waals surface area contributed by atoms with Crippen LogP contribution in [-0.4, -0.2) is 39.1 Å². The molecule has 1 atom stereocenters. The highest BCUT2D eigenvalue weighted by molar-refractivity contribution is 5.28. The summed E-state index contributed by atoms with van der Waals surface area (Å²) in [6.07, 6.45) is 0.954. The fourth-order valence-corrected chi connectivity index (χ4v) is 2.31. The molecule has 1 saturated heterocycles. The summed E-state index contributed by atoms with van der Waals surface area (Å²) >= 11 is 0. The second-order valence-electron chi connectivity index (χ2n) is 4.87. The lowest BCUT2D eigenvalue weighted by molar-refractivity contribution is -0.0159. The standard InChI is InChI=1S/C15H23NO3/c1-3-19-14-6-4-5-13(9-14)10-16-11-15(17-2)7-8-18-12-15/h4-6,9,16H,3,7-8,10-12H2,1-2H3. The lowest BCUT2D eigenvalue weighted by atomic mass is 10.0. The van der Waals surface area contributed by atoms with E-state index in [1.54, 1.807) is 7.11 Å². The van der Waals surface area contributed by atoms with Crippen LogP contribution in [-0.2, 0) is 16.0 Å². The van der Waals surface area contributed by atoms with Gasteiger partial charge in [0.05, 0.1) is 13.2 Å². The highest BCUT2D eigenvalue weighted by Gasteiger charge is 2.34. The number of benzene rings is 1. The van der Waals surface area contributed by atoms with Gasteiger partial charge in [0.15, 0.2) is 0 Å². The Labute approximate surface area is 115 Å². The van der Waals surface area contributed by atoms with Gasteiger partial charge >= 0.3 is 0 Å². The lowest BCUT2D eigenvalue weighted by Gasteiger charge is -2.26. The third-order valence-corrected chi connectivity index (χ3v) is 3.49. The number of hydrogen-bond acceptors (Lipinski definition) is 4. The minimum atomic E-state index is -0.155. The first-order valence-corrected chi connectivity index (χ1v) is 6.83. The maximum Gasteiger partial charge on any atom is 0.119 e. The Hall–Kier alpha value is -1.10. The Morgan fingerprint density at radius 2 is 2.32 bits per heavy atom. The van der Waals surface area contributed by atoms with E-state index in [4.69, 9.17) is 14.2 Å². The Morgan fingerprint density at radius 1 is 1.42 bits per heavy atom. The van der Waals surface area contributed by atoms with Crippen molar-refractivity contribution in [1.29, 1.82) is 0 Å². The van der Waals surface area contributed by atoms with Gasteiger partial charge in [-0.15, -0.1) is 0 Å². The molecule has 19 heavy (non-hydrogen) atoms. The van der Waals surface area contributed by atoms with Gasteiger partial charge in [-0.3, -0.25) is 0 Å². The van der Waals surface area contributed by atoms with Crippen LogP contribution in [0.4, 0.5) is 0 Å². The van der Waals surface area contributed by atoms with Crippen molar-refractivity contribution in [2.24, 2.45) is 0 Å². The van der Waals surface area contributed by atoms with Crippen LogP contribution in [0.15, 0.2) is 24.3 Å². The summed E-state index contributed by atoms with van der Waals surface area (Å²) < 4.78 is 16.5. The second-order valence-corrected chi connectivity index (χ2v) is 4.87. The first-order chi connectivity index (χ1) is 9.28. The minimum Gasteiger partial charge on any atom is -0.494 e. The summed E-state index contributed by atoms with van der Waals surface area (Å²) in [5.74, 6) is 0.924. The predicted octanol–water partition coefficient (Wildman–Crippen LogP) is 1.98. The monoisotopic (exact) mass is 265 g/mol. The van der Waals surface area contributed by atoms with Crippen LogP contribution >= 0.6 is 0 Å². The van der Waals surface area contributed by atoms with Crippen molar-refractivity contribution in [3.05, 3.63) is 29.8 Å². The number of hydrogen-bond donors (Lipinski definition) is 1. The van der Waals surface area contributed by atoms with E-state index in [0.717, 1.165) is 31.9 Å². The van der Waals surface area contributed by atoms with E-state index in [-0.39, 0.29) is 5.60 Å². The van der Waals surface area contributed by atoms with E-state index in [2.05, 4.69) is 17.4 Å². The average Bonchev–Trinajstić information content (AvgIpc) is 2.89. The number of nitrogens with one attached hydrogen (secondary N) is 1. The zero-order valence-electron chi connectivity index (χ0n) is 11.8. The van der Waals surface area contributed by atoms with Gasteiger partial charge in [-0.05, 0) is 24.6 Å². The van der Waals surface area contributed by atoms with E-state index in [1.165, 1.54) is 5.56 Å². The molecule has 1 N–H and O–H groups in total. The molecule has 1 aliphatic rings. The van der Waals surface area contributed by atoms with Crippen molar-refractivity contribution in [2.75, 3.05) is 33.5 Å². The molecule has 1 heterocycles. The fourth-order valence-electron chi connectivity index (χ4n) is 2.31. The normalized spacial score (nSPS) is 22.6. The van der Waals surface area contributed by atoms with E-state index in [0.29, 0.717) is 13.2 Å². The summed E-state index contributed by atoms with van der Waals surface area (Å²) in [5, 5.41) is 3.44. The molecule has 1 aromatic carbocycles. The van der Waals surface area contributed by atoms with E-state index >= 15 is 0 Å². The highest BCUT2D eigenvalue weighted by atomic mass is 16.5. The fraction of sp³-hybridized carbons (Fsp3) is 0.600. The molecular weight excluding hydrogens is 242 g/mol. The maximum absolute atomic E-state index is 5.59. The molecule has 1 aliphatic heterocycles. The highest BCUT2D eigenvalue weighted by Crippen LogP contribution is 2.21. The molecule has 4 heteroatoms. The quantitative estimate of drug-likeness (QED) is 0.818. The predicted molar refractivity (Wildman–Crippen MR) is 74.5 cm³/mol. The maximum atomic E-state index is 5.59. The molecule has 106 valence electrons. The summed E-state index contributed by atoms with van der Waals surface area (Å²) in [6.45, 7) is 5.77. The first kappa shape index (κ1) is 14.3. The minimum absolute atomic E-state index is 0.155. The molecule has 1 aromatic rings. The number of ether oxygens (including phenoxy) is 3. The largest absolute Gasteiger partial charge is 0.494 e. The van der Waals surface area contributed by atoms with Crippen molar-refractivity contribution < 1.29 is 14.2 Å². The molecule has 0 amide bonds. The molecule has 0 saturated carbocycles. The van der Waals surface area contributed by atoms with Gasteiger partial charge in [0.2, 0.25) is 0 Å². The van der Waals surface area contributed by atoms with Gasteiger partial charge in [0, 0.05) is 33.2 Å². The molecule has 4 nitrogen and oxygen atoms in total. The van der Waals surface area contributed by atoms with Crippen LogP contribution in [0.3, 0.4) is 0 Å². The molecule has 0 aliphatic carbocycles. The molecule has 1 unspecified atom stereocenters. The average molecular weight is 265 g/mol. The van der Waals surface area contributed by atoms with E-state index in [1.807, 2.05) is 19.1 Å². The number of methoxy groups -OCH3 is 1. The Balaban J connectivity index is 1.83. The molecule has 1 fully saturated rings. The van der Waals surface area contributed by atoms with Gasteiger partial charge in [-0.2, -0.15) is 0 Å². The van der Waals surface area contributed by atoms with E-state index in [9.17, 15) is 0 Å². The van der Waals surface area contributed by atoms with Crippen molar-refractivity contribution >= 4 is 0 Å². The van der Waals surface area contributed by atoms with Gasteiger partial charge in [0.1, 0.15) is 11.4 Å². The van der Waals surface area contributed by atoms with Gasteiger partial charge in [-0.1, -0.05) is 12.1 Å². The topological polar surface area (TPSA) is 39.7 Å². The molecule has 0 aromatic heterocycles. The van der Waals surface area contributed by atoms with Crippen LogP contribution in [0.25, 0.3) is 0 Å². The Morgan fingerprint density at radius 3 is 3.00 bits per heavy atom. The van der Waals surface area contributed by atoms with Gasteiger partial charge in [-0.25, -0.2) is 0 Å². The van der Waals surface area contributed by atoms with Crippen LogP contribution in [0.2, 0.25) is 0 Å². The van der Waals surface area contributed by atoms with Crippen LogP contribution in [0, 0.1) is 0 Å². The van der Waals surface area contributed by atoms with Crippen LogP contribution in [0.1, 0.15) is 18.9 Å². The Kier molecular flexibility index (Phi) is 5.19. The summed E-state index contributed by atoms with van der Waals surface area (Å²) in [7, 11) is 1.76. The van der Waals surface area contributed by atoms with Crippen molar-refractivity contribution in [1.82, 2.24) is 5.32 Å². The lowest BCUT2D eigenvalue weighted by Crippen LogP contribution is -2.42. The molecule has 0 spiro atoms. The Bertz CT molecular complexity index is 389.